The van der Waals surface area contributed by atoms with E-state index in [0.29, 0.717) is 5.92 Å². The molecule has 0 saturated carbocycles. The van der Waals surface area contributed by atoms with Crippen LogP contribution < -0.4 is 5.73 Å². The van der Waals surface area contributed by atoms with Crippen molar-refractivity contribution in [3.05, 3.63) is 35.4 Å². The second-order valence-corrected chi connectivity index (χ2v) is 5.53. The molecule has 0 saturated heterocycles. The summed E-state index contributed by atoms with van der Waals surface area (Å²) in [4.78, 5) is 0. The Bertz CT molecular complexity index is 377. The Morgan fingerprint density at radius 2 is 2.17 bits per heavy atom. The zero-order chi connectivity index (χ0) is 13.0. The van der Waals surface area contributed by atoms with Gasteiger partial charge in [-0.05, 0) is 36.3 Å². The van der Waals surface area contributed by atoms with Crippen LogP contribution >= 0.6 is 0 Å². The first-order chi connectivity index (χ1) is 8.72. The molecule has 1 aromatic carbocycles. The second-order valence-electron chi connectivity index (χ2n) is 5.53. The molecule has 1 aromatic rings. The van der Waals surface area contributed by atoms with Gasteiger partial charge in [-0.2, -0.15) is 0 Å². The van der Waals surface area contributed by atoms with Crippen molar-refractivity contribution in [3.8, 4) is 0 Å². The van der Waals surface area contributed by atoms with Crippen molar-refractivity contribution in [2.45, 2.75) is 51.7 Å². The van der Waals surface area contributed by atoms with Gasteiger partial charge < -0.3 is 10.5 Å². The van der Waals surface area contributed by atoms with Crippen LogP contribution in [0.3, 0.4) is 0 Å². The van der Waals surface area contributed by atoms with Gasteiger partial charge in [0.1, 0.15) is 0 Å². The van der Waals surface area contributed by atoms with E-state index in [-0.39, 0.29) is 12.1 Å². The SMILES string of the molecule is CCCC(C)COC1CCc2ccccc2C1N. The Morgan fingerprint density at radius 3 is 2.94 bits per heavy atom. The van der Waals surface area contributed by atoms with E-state index in [9.17, 15) is 0 Å². The minimum atomic E-state index is 0.0452. The summed E-state index contributed by atoms with van der Waals surface area (Å²) in [6.07, 6.45) is 4.80. The van der Waals surface area contributed by atoms with Crippen molar-refractivity contribution in [3.63, 3.8) is 0 Å². The normalized spacial score (nSPS) is 24.6. The highest BCUT2D eigenvalue weighted by molar-refractivity contribution is 5.33. The van der Waals surface area contributed by atoms with Crippen molar-refractivity contribution in [2.24, 2.45) is 11.7 Å². The number of benzene rings is 1. The van der Waals surface area contributed by atoms with Crippen molar-refractivity contribution in [1.82, 2.24) is 0 Å². The molecule has 2 rings (SSSR count). The van der Waals surface area contributed by atoms with E-state index in [4.69, 9.17) is 10.5 Å². The monoisotopic (exact) mass is 247 g/mol. The van der Waals surface area contributed by atoms with Crippen LogP contribution in [-0.2, 0) is 11.2 Å². The van der Waals surface area contributed by atoms with Crippen LogP contribution in [0.5, 0.6) is 0 Å². The quantitative estimate of drug-likeness (QED) is 0.865. The summed E-state index contributed by atoms with van der Waals surface area (Å²) in [5.41, 5.74) is 9.00. The average molecular weight is 247 g/mol. The second kappa shape index (κ2) is 6.35. The number of hydrogen-bond donors (Lipinski definition) is 1. The van der Waals surface area contributed by atoms with E-state index in [1.54, 1.807) is 0 Å². The maximum Gasteiger partial charge on any atom is 0.0771 e. The first-order valence-corrected chi connectivity index (χ1v) is 7.17. The average Bonchev–Trinajstić information content (AvgIpc) is 2.39. The molecule has 3 unspecified atom stereocenters. The Hall–Kier alpha value is -0.860. The smallest absolute Gasteiger partial charge is 0.0771 e. The summed E-state index contributed by atoms with van der Waals surface area (Å²) in [6, 6.07) is 8.54. The predicted molar refractivity (Wildman–Crippen MR) is 75.5 cm³/mol. The lowest BCUT2D eigenvalue weighted by atomic mass is 9.86. The van der Waals surface area contributed by atoms with Crippen molar-refractivity contribution < 1.29 is 4.74 Å². The molecule has 0 amide bonds. The third-order valence-electron chi connectivity index (χ3n) is 3.89. The van der Waals surface area contributed by atoms with Gasteiger partial charge in [0.25, 0.3) is 0 Å². The van der Waals surface area contributed by atoms with Crippen LogP contribution in [0.2, 0.25) is 0 Å². The molecule has 0 aromatic heterocycles. The molecule has 2 nitrogen and oxygen atoms in total. The molecule has 0 bridgehead atoms. The van der Waals surface area contributed by atoms with Crippen LogP contribution in [-0.4, -0.2) is 12.7 Å². The molecule has 3 atom stereocenters. The maximum absolute atomic E-state index is 6.33. The van der Waals surface area contributed by atoms with E-state index < -0.39 is 0 Å². The van der Waals surface area contributed by atoms with Crippen LogP contribution in [0.25, 0.3) is 0 Å². The van der Waals surface area contributed by atoms with Gasteiger partial charge in [0.05, 0.1) is 12.1 Å². The standard InChI is InChI=1S/C16H25NO/c1-3-6-12(2)11-18-15-10-9-13-7-4-5-8-14(13)16(15)17/h4-5,7-8,12,15-16H,3,6,9-11,17H2,1-2H3. The fourth-order valence-corrected chi connectivity index (χ4v) is 2.82. The van der Waals surface area contributed by atoms with Gasteiger partial charge in [0, 0.05) is 6.61 Å². The number of rotatable bonds is 5. The van der Waals surface area contributed by atoms with Gasteiger partial charge in [0.15, 0.2) is 0 Å². The van der Waals surface area contributed by atoms with Crippen LogP contribution in [0, 0.1) is 5.92 Å². The summed E-state index contributed by atoms with van der Waals surface area (Å²) in [7, 11) is 0. The maximum atomic E-state index is 6.33. The molecule has 0 fully saturated rings. The van der Waals surface area contributed by atoms with Crippen LogP contribution in [0.15, 0.2) is 24.3 Å². The lowest BCUT2D eigenvalue weighted by molar-refractivity contribution is 0.00620. The third-order valence-corrected chi connectivity index (χ3v) is 3.89. The Balaban J connectivity index is 1.93. The highest BCUT2D eigenvalue weighted by atomic mass is 16.5. The minimum Gasteiger partial charge on any atom is -0.376 e. The van der Waals surface area contributed by atoms with Crippen molar-refractivity contribution in [1.29, 1.82) is 0 Å². The largest absolute Gasteiger partial charge is 0.376 e. The molecular weight excluding hydrogens is 222 g/mol. The van der Waals surface area contributed by atoms with Gasteiger partial charge in [0.2, 0.25) is 0 Å². The lowest BCUT2D eigenvalue weighted by Gasteiger charge is -2.31. The molecule has 18 heavy (non-hydrogen) atoms. The Morgan fingerprint density at radius 1 is 1.39 bits per heavy atom. The molecule has 1 aliphatic carbocycles. The summed E-state index contributed by atoms with van der Waals surface area (Å²) in [5.74, 6) is 0.638. The van der Waals surface area contributed by atoms with Crippen LogP contribution in [0.1, 0.15) is 50.3 Å². The van der Waals surface area contributed by atoms with Gasteiger partial charge in [-0.15, -0.1) is 0 Å². The molecule has 0 spiro atoms. The predicted octanol–water partition coefficient (Wildman–Crippen LogP) is 3.45. The summed E-state index contributed by atoms with van der Waals surface area (Å²) in [5, 5.41) is 0. The first kappa shape index (κ1) is 13.6. The number of aryl methyl sites for hydroxylation is 1. The van der Waals surface area contributed by atoms with E-state index in [2.05, 4.69) is 38.1 Å². The molecule has 0 aliphatic heterocycles. The highest BCUT2D eigenvalue weighted by Crippen LogP contribution is 2.30. The first-order valence-electron chi connectivity index (χ1n) is 7.17. The van der Waals surface area contributed by atoms with Gasteiger partial charge in [-0.3, -0.25) is 0 Å². The topological polar surface area (TPSA) is 35.2 Å². The van der Waals surface area contributed by atoms with E-state index in [1.165, 1.54) is 24.0 Å². The van der Waals surface area contributed by atoms with Crippen molar-refractivity contribution >= 4 is 0 Å². The molecular formula is C16H25NO. The van der Waals surface area contributed by atoms with Crippen LogP contribution in [0.4, 0.5) is 0 Å². The van der Waals surface area contributed by atoms with E-state index in [0.717, 1.165) is 19.4 Å². The summed E-state index contributed by atoms with van der Waals surface area (Å²) >= 11 is 0. The van der Waals surface area contributed by atoms with E-state index in [1.807, 2.05) is 0 Å². The van der Waals surface area contributed by atoms with Crippen molar-refractivity contribution in [2.75, 3.05) is 6.61 Å². The fourth-order valence-electron chi connectivity index (χ4n) is 2.82. The minimum absolute atomic E-state index is 0.0452. The molecule has 1 aliphatic rings. The Labute approximate surface area is 111 Å². The number of ether oxygens (including phenoxy) is 1. The zero-order valence-electron chi connectivity index (χ0n) is 11.6. The lowest BCUT2D eigenvalue weighted by Crippen LogP contribution is -2.34. The number of fused-ring (bicyclic) bond motifs is 1. The van der Waals surface area contributed by atoms with Gasteiger partial charge in [-0.25, -0.2) is 0 Å². The zero-order valence-corrected chi connectivity index (χ0v) is 11.6. The fraction of sp³-hybridized carbons (Fsp3) is 0.625. The summed E-state index contributed by atoms with van der Waals surface area (Å²) in [6.45, 7) is 5.32. The van der Waals surface area contributed by atoms with E-state index >= 15 is 0 Å². The molecule has 0 radical (unpaired) electrons. The summed E-state index contributed by atoms with van der Waals surface area (Å²) < 4.78 is 6.04. The number of hydrogen-bond acceptors (Lipinski definition) is 2. The molecule has 0 heterocycles. The van der Waals surface area contributed by atoms with Gasteiger partial charge in [-0.1, -0.05) is 44.5 Å². The molecule has 2 N–H and O–H groups in total. The molecule has 2 heteroatoms. The Kier molecular flexibility index (Phi) is 4.79. The molecule has 100 valence electrons. The number of nitrogens with two attached hydrogens (primary N) is 1. The third kappa shape index (κ3) is 3.12. The highest BCUT2D eigenvalue weighted by Gasteiger charge is 2.27. The van der Waals surface area contributed by atoms with Gasteiger partial charge >= 0.3 is 0 Å².